The van der Waals surface area contributed by atoms with Crippen LogP contribution in [-0.4, -0.2) is 50.6 Å². The van der Waals surface area contributed by atoms with Crippen LogP contribution in [0, 0.1) is 5.92 Å². The lowest BCUT2D eigenvalue weighted by atomic mass is 9.98. The molecule has 0 radical (unpaired) electrons. The average Bonchev–Trinajstić information content (AvgIpc) is 2.85. The Morgan fingerprint density at radius 3 is 2.39 bits per heavy atom. The minimum atomic E-state index is -3.36. The van der Waals surface area contributed by atoms with Gasteiger partial charge in [0.15, 0.2) is 0 Å². The van der Waals surface area contributed by atoms with Crippen molar-refractivity contribution < 1.29 is 13.2 Å². The van der Waals surface area contributed by atoms with Crippen molar-refractivity contribution in [2.45, 2.75) is 46.1 Å². The molecule has 180 valence electrons. The van der Waals surface area contributed by atoms with E-state index in [2.05, 4.69) is 36.2 Å². The van der Waals surface area contributed by atoms with Crippen LogP contribution in [0.4, 0.5) is 5.69 Å². The lowest BCUT2D eigenvalue weighted by Gasteiger charge is -2.31. The highest BCUT2D eigenvalue weighted by atomic mass is 32.2. The average molecular weight is 472 g/mol. The second-order valence-electron chi connectivity index (χ2n) is 8.66. The number of amides is 1. The molecular weight excluding hydrogens is 434 g/mol. The molecule has 2 aromatic rings. The van der Waals surface area contributed by atoms with Gasteiger partial charge in [0.2, 0.25) is 15.9 Å². The van der Waals surface area contributed by atoms with Gasteiger partial charge in [-0.2, -0.15) is 0 Å². The molecule has 0 aliphatic carbocycles. The van der Waals surface area contributed by atoms with Crippen LogP contribution in [0.1, 0.15) is 44.2 Å². The molecule has 0 spiro atoms. The molecule has 1 amide bonds. The zero-order chi connectivity index (χ0) is 23.7. The molecule has 33 heavy (non-hydrogen) atoms. The van der Waals surface area contributed by atoms with E-state index >= 15 is 0 Å². The minimum Gasteiger partial charge on any atom is -0.372 e. The van der Waals surface area contributed by atoms with Crippen LogP contribution in [-0.2, 0) is 27.8 Å². The molecule has 1 aliphatic heterocycles. The maximum Gasteiger partial charge on any atom is 0.224 e. The highest BCUT2D eigenvalue weighted by molar-refractivity contribution is 7.89. The molecule has 1 aliphatic rings. The van der Waals surface area contributed by atoms with Crippen LogP contribution >= 0.6 is 0 Å². The van der Waals surface area contributed by atoms with Crippen molar-refractivity contribution in [3.63, 3.8) is 0 Å². The first-order valence-corrected chi connectivity index (χ1v) is 13.7. The third-order valence-electron chi connectivity index (χ3n) is 6.39. The molecule has 1 saturated heterocycles. The molecule has 1 heterocycles. The summed E-state index contributed by atoms with van der Waals surface area (Å²) in [7, 11) is -3.36. The fourth-order valence-electron chi connectivity index (χ4n) is 4.39. The normalized spacial score (nSPS) is 17.0. The summed E-state index contributed by atoms with van der Waals surface area (Å²) in [5, 5.41) is 3.01. The highest BCUT2D eigenvalue weighted by Crippen LogP contribution is 2.21. The number of carbonyl (C=O) groups is 1. The van der Waals surface area contributed by atoms with E-state index in [4.69, 9.17) is 0 Å². The second-order valence-corrected chi connectivity index (χ2v) is 10.7. The van der Waals surface area contributed by atoms with Crippen molar-refractivity contribution in [2.24, 2.45) is 5.92 Å². The Morgan fingerprint density at radius 1 is 1.03 bits per heavy atom. The van der Waals surface area contributed by atoms with E-state index in [9.17, 15) is 13.2 Å². The van der Waals surface area contributed by atoms with Crippen molar-refractivity contribution in [3.05, 3.63) is 65.7 Å². The van der Waals surface area contributed by atoms with Gasteiger partial charge in [0.05, 0.1) is 11.7 Å². The molecule has 6 nitrogen and oxygen atoms in total. The summed E-state index contributed by atoms with van der Waals surface area (Å²) >= 11 is 0. The molecule has 0 saturated carbocycles. The number of aryl methyl sites for hydroxylation is 1. The number of hydrogen-bond acceptors (Lipinski definition) is 4. The zero-order valence-corrected chi connectivity index (χ0v) is 20.7. The van der Waals surface area contributed by atoms with Crippen LogP contribution < -0.4 is 10.2 Å². The molecule has 0 aromatic heterocycles. The Labute approximate surface area is 199 Å². The van der Waals surface area contributed by atoms with Gasteiger partial charge >= 0.3 is 0 Å². The van der Waals surface area contributed by atoms with Gasteiger partial charge in [-0.1, -0.05) is 42.5 Å². The Hall–Kier alpha value is -2.38. The number of carbonyl (C=O) groups excluding carboxylic acids is 1. The number of benzene rings is 2. The Morgan fingerprint density at radius 2 is 1.73 bits per heavy atom. The number of nitrogens with zero attached hydrogens (tertiary/aromatic N) is 2. The van der Waals surface area contributed by atoms with Crippen LogP contribution in [0.15, 0.2) is 54.6 Å². The summed E-state index contributed by atoms with van der Waals surface area (Å²) in [5.41, 5.74) is 3.37. The molecule has 2 aromatic carbocycles. The number of sulfonamides is 1. The number of nitrogens with one attached hydrogen (secondary N) is 1. The number of hydrogen-bond donors (Lipinski definition) is 1. The smallest absolute Gasteiger partial charge is 0.224 e. The lowest BCUT2D eigenvalue weighted by Crippen LogP contribution is -2.46. The molecule has 1 atom stereocenters. The number of anilines is 1. The third kappa shape index (κ3) is 7.30. The molecule has 7 heteroatoms. The van der Waals surface area contributed by atoms with E-state index in [-0.39, 0.29) is 24.1 Å². The van der Waals surface area contributed by atoms with Gasteiger partial charge < -0.3 is 10.2 Å². The topological polar surface area (TPSA) is 69.7 Å². The summed E-state index contributed by atoms with van der Waals surface area (Å²) in [5.74, 6) is -0.237. The summed E-state index contributed by atoms with van der Waals surface area (Å²) in [6, 6.07) is 18.2. The summed E-state index contributed by atoms with van der Waals surface area (Å²) in [6.45, 7) is 7.42. The maximum atomic E-state index is 12.9. The van der Waals surface area contributed by atoms with Crippen molar-refractivity contribution in [3.8, 4) is 0 Å². The molecule has 1 fully saturated rings. The highest BCUT2D eigenvalue weighted by Gasteiger charge is 2.31. The van der Waals surface area contributed by atoms with Crippen molar-refractivity contribution >= 4 is 21.6 Å². The van der Waals surface area contributed by atoms with Gasteiger partial charge in [0.1, 0.15) is 0 Å². The summed E-state index contributed by atoms with van der Waals surface area (Å²) < 4.78 is 27.2. The van der Waals surface area contributed by atoms with Gasteiger partial charge in [0.25, 0.3) is 0 Å². The fourth-order valence-corrected chi connectivity index (χ4v) is 5.97. The number of rotatable bonds is 11. The first-order chi connectivity index (χ1) is 15.9. The van der Waals surface area contributed by atoms with Gasteiger partial charge in [-0.05, 0) is 62.8 Å². The van der Waals surface area contributed by atoms with Crippen LogP contribution in [0.2, 0.25) is 0 Å². The largest absolute Gasteiger partial charge is 0.372 e. The van der Waals surface area contributed by atoms with E-state index in [0.29, 0.717) is 25.9 Å². The van der Waals surface area contributed by atoms with E-state index < -0.39 is 10.0 Å². The Balaban J connectivity index is 1.48. The van der Waals surface area contributed by atoms with Crippen molar-refractivity contribution in [2.75, 3.05) is 36.8 Å². The summed E-state index contributed by atoms with van der Waals surface area (Å²) in [6.07, 6.45) is 2.77. The van der Waals surface area contributed by atoms with Crippen molar-refractivity contribution in [1.29, 1.82) is 0 Å². The van der Waals surface area contributed by atoms with E-state index in [1.807, 2.05) is 42.5 Å². The summed E-state index contributed by atoms with van der Waals surface area (Å²) in [4.78, 5) is 15.0. The molecular formula is C26H37N3O3S. The monoisotopic (exact) mass is 471 g/mol. The van der Waals surface area contributed by atoms with Gasteiger partial charge in [-0.25, -0.2) is 12.7 Å². The van der Waals surface area contributed by atoms with Gasteiger partial charge in [-0.3, -0.25) is 4.79 Å². The number of piperidine rings is 1. The van der Waals surface area contributed by atoms with Crippen LogP contribution in [0.5, 0.6) is 0 Å². The van der Waals surface area contributed by atoms with Crippen molar-refractivity contribution in [1.82, 2.24) is 9.62 Å². The van der Waals surface area contributed by atoms with Crippen LogP contribution in [0.3, 0.4) is 0 Å². The first kappa shape index (κ1) is 25.2. The first-order valence-electron chi connectivity index (χ1n) is 12.1. The molecule has 0 unspecified atom stereocenters. The standard InChI is InChI=1S/C26H37N3O3S/c1-3-28(4-2)25-16-14-23(15-17-25)20-27-26(30)24-13-8-18-29(21-24)33(31,32)19-9-12-22-10-6-5-7-11-22/h5-7,10-11,14-17,24H,3-4,8-9,12-13,18-21H2,1-2H3,(H,27,30)/t24-/m1/s1. The quantitative estimate of drug-likeness (QED) is 0.541. The third-order valence-corrected chi connectivity index (χ3v) is 8.31. The predicted octanol–water partition coefficient (Wildman–Crippen LogP) is 3.82. The van der Waals surface area contributed by atoms with Gasteiger partial charge in [-0.15, -0.1) is 0 Å². The lowest BCUT2D eigenvalue weighted by molar-refractivity contribution is -0.126. The SMILES string of the molecule is CCN(CC)c1ccc(CNC(=O)[C@@H]2CCCN(S(=O)(=O)CCCc3ccccc3)C2)cc1. The molecule has 1 N–H and O–H groups in total. The Bertz CT molecular complexity index is 974. The van der Waals surface area contributed by atoms with E-state index in [1.54, 1.807) is 0 Å². The van der Waals surface area contributed by atoms with E-state index in [0.717, 1.165) is 37.1 Å². The predicted molar refractivity (Wildman–Crippen MR) is 135 cm³/mol. The second kappa shape index (κ2) is 12.2. The zero-order valence-electron chi connectivity index (χ0n) is 19.9. The van der Waals surface area contributed by atoms with E-state index in [1.165, 1.54) is 9.99 Å². The fraction of sp³-hybridized carbons (Fsp3) is 0.500. The van der Waals surface area contributed by atoms with Gasteiger partial charge in [0, 0.05) is 38.4 Å². The maximum absolute atomic E-state index is 12.9. The van der Waals surface area contributed by atoms with Crippen LogP contribution in [0.25, 0.3) is 0 Å². The minimum absolute atomic E-state index is 0.0630. The Kier molecular flexibility index (Phi) is 9.32. The molecule has 3 rings (SSSR count). The molecule has 0 bridgehead atoms.